The van der Waals surface area contributed by atoms with Crippen LogP contribution in [0, 0.1) is 5.82 Å². The van der Waals surface area contributed by atoms with Crippen LogP contribution < -0.4 is 5.32 Å². The molecule has 3 heterocycles. The molecule has 1 aromatic carbocycles. The van der Waals surface area contributed by atoms with Crippen LogP contribution in [0.15, 0.2) is 30.5 Å². The summed E-state index contributed by atoms with van der Waals surface area (Å²) in [6, 6.07) is 6.69. The molecule has 0 atom stereocenters. The third-order valence-electron chi connectivity index (χ3n) is 5.51. The molecule has 1 aromatic heterocycles. The van der Waals surface area contributed by atoms with Gasteiger partial charge < -0.3 is 14.8 Å². The molecule has 0 saturated carbocycles. The first-order valence-corrected chi connectivity index (χ1v) is 9.56. The van der Waals surface area contributed by atoms with Crippen molar-refractivity contribution >= 4 is 0 Å². The van der Waals surface area contributed by atoms with Crippen molar-refractivity contribution in [2.75, 3.05) is 32.7 Å². The molecule has 2 fully saturated rings. The van der Waals surface area contributed by atoms with Gasteiger partial charge in [0.15, 0.2) is 0 Å². The summed E-state index contributed by atoms with van der Waals surface area (Å²) in [6.07, 6.45) is 7.10. The summed E-state index contributed by atoms with van der Waals surface area (Å²) >= 11 is 0. The van der Waals surface area contributed by atoms with Gasteiger partial charge in [0.1, 0.15) is 11.6 Å². The minimum atomic E-state index is -0.198. The number of aromatic nitrogens is 2. The molecule has 25 heavy (non-hydrogen) atoms. The van der Waals surface area contributed by atoms with Gasteiger partial charge in [0, 0.05) is 30.8 Å². The van der Waals surface area contributed by atoms with Crippen LogP contribution in [-0.2, 0) is 6.54 Å². The Bertz CT molecular complexity index is 682. The summed E-state index contributed by atoms with van der Waals surface area (Å²) in [4.78, 5) is 7.52. The van der Waals surface area contributed by atoms with E-state index < -0.39 is 0 Å². The van der Waals surface area contributed by atoms with E-state index in [9.17, 15) is 4.39 Å². The van der Waals surface area contributed by atoms with E-state index >= 15 is 0 Å². The van der Waals surface area contributed by atoms with Crippen LogP contribution in [0.25, 0.3) is 11.3 Å². The SMILES string of the molecule is Fc1ccc(-c2cn(CCN3CCCC3)c(C3CCNCC3)n2)cc1. The number of nitrogens with zero attached hydrogens (tertiary/aromatic N) is 3. The molecule has 2 aliphatic rings. The Morgan fingerprint density at radius 2 is 1.76 bits per heavy atom. The highest BCUT2D eigenvalue weighted by Gasteiger charge is 2.22. The van der Waals surface area contributed by atoms with E-state index in [0.29, 0.717) is 5.92 Å². The highest BCUT2D eigenvalue weighted by atomic mass is 19.1. The molecule has 2 aliphatic heterocycles. The fourth-order valence-corrected chi connectivity index (χ4v) is 4.03. The normalized spacial score (nSPS) is 19.6. The van der Waals surface area contributed by atoms with E-state index in [1.165, 1.54) is 43.9 Å². The Morgan fingerprint density at radius 1 is 1.04 bits per heavy atom. The summed E-state index contributed by atoms with van der Waals surface area (Å²) in [5.41, 5.74) is 1.96. The Kier molecular flexibility index (Phi) is 5.13. The van der Waals surface area contributed by atoms with Gasteiger partial charge >= 0.3 is 0 Å². The molecular formula is C20H27FN4. The number of benzene rings is 1. The molecule has 0 radical (unpaired) electrons. The minimum Gasteiger partial charge on any atom is -0.333 e. The maximum absolute atomic E-state index is 13.2. The summed E-state index contributed by atoms with van der Waals surface area (Å²) in [5.74, 6) is 1.53. The fraction of sp³-hybridized carbons (Fsp3) is 0.550. The van der Waals surface area contributed by atoms with Gasteiger partial charge in [0.05, 0.1) is 5.69 Å². The van der Waals surface area contributed by atoms with Crippen LogP contribution in [0.4, 0.5) is 4.39 Å². The second kappa shape index (κ2) is 7.67. The smallest absolute Gasteiger partial charge is 0.123 e. The van der Waals surface area contributed by atoms with Crippen LogP contribution in [0.3, 0.4) is 0 Å². The first kappa shape index (κ1) is 16.7. The van der Waals surface area contributed by atoms with Gasteiger partial charge in [-0.25, -0.2) is 9.37 Å². The van der Waals surface area contributed by atoms with Crippen molar-refractivity contribution in [3.8, 4) is 11.3 Å². The fourth-order valence-electron chi connectivity index (χ4n) is 4.03. The van der Waals surface area contributed by atoms with Gasteiger partial charge in [-0.15, -0.1) is 0 Å². The van der Waals surface area contributed by atoms with Gasteiger partial charge in [0.2, 0.25) is 0 Å². The topological polar surface area (TPSA) is 33.1 Å². The van der Waals surface area contributed by atoms with Crippen molar-refractivity contribution in [3.63, 3.8) is 0 Å². The number of imidazole rings is 1. The van der Waals surface area contributed by atoms with Crippen LogP contribution in [0.2, 0.25) is 0 Å². The molecule has 4 rings (SSSR count). The summed E-state index contributed by atoms with van der Waals surface area (Å²) in [5, 5.41) is 3.44. The third kappa shape index (κ3) is 3.93. The predicted molar refractivity (Wildman–Crippen MR) is 98.1 cm³/mol. The van der Waals surface area contributed by atoms with E-state index in [4.69, 9.17) is 4.98 Å². The zero-order valence-electron chi connectivity index (χ0n) is 14.8. The lowest BCUT2D eigenvalue weighted by atomic mass is 9.97. The lowest BCUT2D eigenvalue weighted by molar-refractivity contribution is 0.316. The Morgan fingerprint density at radius 3 is 2.48 bits per heavy atom. The van der Waals surface area contributed by atoms with Gasteiger partial charge in [-0.1, -0.05) is 0 Å². The standard InChI is InChI=1S/C20H27FN4/c21-18-5-3-16(4-6-18)19-15-25(14-13-24-11-1-2-12-24)20(23-19)17-7-9-22-10-8-17/h3-6,15,17,22H,1-2,7-14H2. The number of halogens is 1. The molecule has 1 N–H and O–H groups in total. The number of piperidine rings is 1. The number of likely N-dealkylation sites (tertiary alicyclic amines) is 1. The van der Waals surface area contributed by atoms with E-state index in [2.05, 4.69) is 21.0 Å². The summed E-state index contributed by atoms with van der Waals surface area (Å²) in [6.45, 7) is 6.67. The molecule has 2 aromatic rings. The second-order valence-corrected chi connectivity index (χ2v) is 7.26. The molecule has 5 heteroatoms. The lowest BCUT2D eigenvalue weighted by Gasteiger charge is -2.24. The van der Waals surface area contributed by atoms with Crippen molar-refractivity contribution in [1.29, 1.82) is 0 Å². The minimum absolute atomic E-state index is 0.198. The molecule has 0 unspecified atom stereocenters. The highest BCUT2D eigenvalue weighted by Crippen LogP contribution is 2.28. The zero-order valence-corrected chi connectivity index (χ0v) is 14.8. The average Bonchev–Trinajstić information content (AvgIpc) is 3.31. The van der Waals surface area contributed by atoms with Gasteiger partial charge in [-0.2, -0.15) is 0 Å². The molecule has 2 saturated heterocycles. The van der Waals surface area contributed by atoms with Crippen molar-refractivity contribution in [2.45, 2.75) is 38.1 Å². The van der Waals surface area contributed by atoms with E-state index in [0.717, 1.165) is 50.3 Å². The Hall–Kier alpha value is -1.72. The predicted octanol–water partition coefficient (Wildman–Crippen LogP) is 3.25. The molecular weight excluding hydrogens is 315 g/mol. The van der Waals surface area contributed by atoms with Crippen LogP contribution in [0.5, 0.6) is 0 Å². The Balaban J connectivity index is 1.58. The van der Waals surface area contributed by atoms with Crippen LogP contribution in [0.1, 0.15) is 37.4 Å². The van der Waals surface area contributed by atoms with Crippen molar-refractivity contribution < 1.29 is 4.39 Å². The van der Waals surface area contributed by atoms with Crippen molar-refractivity contribution in [1.82, 2.24) is 19.8 Å². The number of rotatable bonds is 5. The first-order chi connectivity index (χ1) is 12.3. The maximum Gasteiger partial charge on any atom is 0.123 e. The van der Waals surface area contributed by atoms with Crippen LogP contribution >= 0.6 is 0 Å². The van der Waals surface area contributed by atoms with Gasteiger partial charge in [0.25, 0.3) is 0 Å². The number of nitrogens with one attached hydrogen (secondary N) is 1. The average molecular weight is 342 g/mol. The van der Waals surface area contributed by atoms with Crippen LogP contribution in [-0.4, -0.2) is 47.2 Å². The monoisotopic (exact) mass is 342 g/mol. The first-order valence-electron chi connectivity index (χ1n) is 9.56. The van der Waals surface area contributed by atoms with Crippen molar-refractivity contribution in [2.24, 2.45) is 0 Å². The van der Waals surface area contributed by atoms with Gasteiger partial charge in [-0.3, -0.25) is 0 Å². The van der Waals surface area contributed by atoms with E-state index in [-0.39, 0.29) is 5.82 Å². The molecule has 4 nitrogen and oxygen atoms in total. The summed E-state index contributed by atoms with van der Waals surface area (Å²) < 4.78 is 15.6. The van der Waals surface area contributed by atoms with E-state index in [1.807, 2.05) is 12.1 Å². The summed E-state index contributed by atoms with van der Waals surface area (Å²) in [7, 11) is 0. The molecule has 0 aliphatic carbocycles. The quantitative estimate of drug-likeness (QED) is 0.905. The highest BCUT2D eigenvalue weighted by molar-refractivity contribution is 5.58. The molecule has 0 amide bonds. The maximum atomic E-state index is 13.2. The van der Waals surface area contributed by atoms with Crippen molar-refractivity contribution in [3.05, 3.63) is 42.1 Å². The number of hydrogen-bond donors (Lipinski definition) is 1. The second-order valence-electron chi connectivity index (χ2n) is 7.26. The molecule has 134 valence electrons. The third-order valence-corrected chi connectivity index (χ3v) is 5.51. The lowest BCUT2D eigenvalue weighted by Crippen LogP contribution is -2.29. The molecule has 0 spiro atoms. The Labute approximate surface area is 149 Å². The zero-order chi connectivity index (χ0) is 17.1. The largest absolute Gasteiger partial charge is 0.333 e. The van der Waals surface area contributed by atoms with Gasteiger partial charge in [-0.05, 0) is 76.1 Å². The number of hydrogen-bond acceptors (Lipinski definition) is 3. The molecule has 0 bridgehead atoms. The van der Waals surface area contributed by atoms with E-state index in [1.54, 1.807) is 0 Å².